The number of halogens is 1. The number of nitrogens with two attached hydrogens (primary N) is 1. The fourth-order valence-electron chi connectivity index (χ4n) is 1.57. The molecule has 0 saturated heterocycles. The van der Waals surface area contributed by atoms with E-state index in [-0.39, 0.29) is 6.61 Å². The summed E-state index contributed by atoms with van der Waals surface area (Å²) in [6.45, 7) is 0.216. The van der Waals surface area contributed by atoms with Crippen LogP contribution < -0.4 is 10.5 Å². The van der Waals surface area contributed by atoms with Crippen LogP contribution in [0.2, 0.25) is 5.02 Å². The van der Waals surface area contributed by atoms with Crippen LogP contribution in [0.1, 0.15) is 17.2 Å². The molecule has 0 bridgehead atoms. The van der Waals surface area contributed by atoms with E-state index in [4.69, 9.17) is 31.9 Å². The molecule has 17 heavy (non-hydrogen) atoms. The zero-order valence-electron chi connectivity index (χ0n) is 9.57. The van der Waals surface area contributed by atoms with Crippen LogP contribution in [0.15, 0.2) is 12.1 Å². The molecule has 1 atom stereocenters. The van der Waals surface area contributed by atoms with E-state index >= 15 is 0 Å². The van der Waals surface area contributed by atoms with Crippen LogP contribution in [0, 0.1) is 0 Å². The summed E-state index contributed by atoms with van der Waals surface area (Å²) in [6.07, 6.45) is 0. The third-order valence-electron chi connectivity index (χ3n) is 2.29. The van der Waals surface area contributed by atoms with Crippen molar-refractivity contribution in [3.63, 3.8) is 0 Å². The number of rotatable bonds is 5. The van der Waals surface area contributed by atoms with Crippen LogP contribution in [0.3, 0.4) is 0 Å². The highest BCUT2D eigenvalue weighted by molar-refractivity contribution is 6.30. The molecule has 0 aromatic heterocycles. The largest absolute Gasteiger partial charge is 0.496 e. The predicted molar refractivity (Wildman–Crippen MR) is 63.3 cm³/mol. The molecule has 0 aliphatic carbocycles. The number of hydrogen-bond acceptors (Lipinski definition) is 4. The van der Waals surface area contributed by atoms with Gasteiger partial charge in [-0.05, 0) is 17.7 Å². The number of ether oxygens (including phenoxy) is 2. The lowest BCUT2D eigenvalue weighted by atomic mass is 10.00. The van der Waals surface area contributed by atoms with Crippen LogP contribution in [-0.2, 0) is 16.1 Å². The number of carboxylic acids is 1. The summed E-state index contributed by atoms with van der Waals surface area (Å²) >= 11 is 5.90. The lowest BCUT2D eigenvalue weighted by molar-refractivity contribution is -0.138. The summed E-state index contributed by atoms with van der Waals surface area (Å²) in [5.41, 5.74) is 6.60. The molecule has 1 aromatic carbocycles. The van der Waals surface area contributed by atoms with E-state index in [0.717, 1.165) is 0 Å². The third-order valence-corrected chi connectivity index (χ3v) is 2.51. The summed E-state index contributed by atoms with van der Waals surface area (Å²) < 4.78 is 10.1. The molecule has 0 aliphatic heterocycles. The molecule has 5 nitrogen and oxygen atoms in total. The normalized spacial score (nSPS) is 12.2. The number of benzene rings is 1. The van der Waals surface area contributed by atoms with Crippen molar-refractivity contribution < 1.29 is 19.4 Å². The van der Waals surface area contributed by atoms with E-state index in [9.17, 15) is 4.79 Å². The van der Waals surface area contributed by atoms with Crippen LogP contribution >= 0.6 is 11.6 Å². The first-order chi connectivity index (χ1) is 8.01. The van der Waals surface area contributed by atoms with Gasteiger partial charge < -0.3 is 20.3 Å². The van der Waals surface area contributed by atoms with Crippen molar-refractivity contribution in [3.8, 4) is 5.75 Å². The summed E-state index contributed by atoms with van der Waals surface area (Å²) in [7, 11) is 2.93. The van der Waals surface area contributed by atoms with E-state index in [2.05, 4.69) is 0 Å². The summed E-state index contributed by atoms with van der Waals surface area (Å²) in [5.74, 6) is -0.789. The molecule has 0 radical (unpaired) electrons. The molecule has 0 heterocycles. The Labute approximate surface area is 104 Å². The van der Waals surface area contributed by atoms with Gasteiger partial charge in [0, 0.05) is 17.7 Å². The molecular weight excluding hydrogens is 246 g/mol. The van der Waals surface area contributed by atoms with Crippen molar-refractivity contribution in [1.29, 1.82) is 0 Å². The lowest BCUT2D eigenvalue weighted by Gasteiger charge is -2.17. The van der Waals surface area contributed by atoms with Gasteiger partial charge in [-0.25, -0.2) is 0 Å². The molecule has 0 spiro atoms. The average molecular weight is 260 g/mol. The van der Waals surface area contributed by atoms with Crippen molar-refractivity contribution in [2.75, 3.05) is 14.2 Å². The Balaban J connectivity index is 3.35. The Morgan fingerprint density at radius 3 is 2.65 bits per heavy atom. The van der Waals surface area contributed by atoms with Gasteiger partial charge >= 0.3 is 5.97 Å². The van der Waals surface area contributed by atoms with Gasteiger partial charge in [-0.2, -0.15) is 0 Å². The minimum Gasteiger partial charge on any atom is -0.496 e. The minimum absolute atomic E-state index is 0.216. The van der Waals surface area contributed by atoms with E-state index in [1.54, 1.807) is 6.07 Å². The summed E-state index contributed by atoms with van der Waals surface area (Å²) in [4.78, 5) is 11.0. The van der Waals surface area contributed by atoms with Gasteiger partial charge in [-0.3, -0.25) is 4.79 Å². The first-order valence-corrected chi connectivity index (χ1v) is 5.22. The van der Waals surface area contributed by atoms with Crippen molar-refractivity contribution in [3.05, 3.63) is 28.3 Å². The topological polar surface area (TPSA) is 81.8 Å². The maximum Gasteiger partial charge on any atom is 0.325 e. The molecule has 1 aromatic rings. The van der Waals surface area contributed by atoms with Crippen molar-refractivity contribution in [2.45, 2.75) is 12.6 Å². The smallest absolute Gasteiger partial charge is 0.325 e. The summed E-state index contributed by atoms with van der Waals surface area (Å²) in [5, 5.41) is 9.40. The average Bonchev–Trinajstić information content (AvgIpc) is 2.27. The van der Waals surface area contributed by atoms with Crippen molar-refractivity contribution >= 4 is 17.6 Å². The fraction of sp³-hybridized carbons (Fsp3) is 0.364. The fourth-order valence-corrected chi connectivity index (χ4v) is 1.80. The van der Waals surface area contributed by atoms with Crippen LogP contribution in [0.5, 0.6) is 5.75 Å². The number of carbonyl (C=O) groups is 1. The molecule has 1 rings (SSSR count). The molecule has 6 heteroatoms. The van der Waals surface area contributed by atoms with Gasteiger partial charge in [-0.1, -0.05) is 11.6 Å². The Morgan fingerprint density at radius 1 is 1.53 bits per heavy atom. The maximum atomic E-state index is 11.0. The second-order valence-electron chi connectivity index (χ2n) is 3.43. The first-order valence-electron chi connectivity index (χ1n) is 4.84. The number of aliphatic carboxylic acids is 1. The summed E-state index contributed by atoms with van der Waals surface area (Å²) in [6, 6.07) is 1.97. The van der Waals surface area contributed by atoms with Gasteiger partial charge in [0.1, 0.15) is 11.8 Å². The second-order valence-corrected chi connectivity index (χ2v) is 3.87. The number of methoxy groups -OCH3 is 2. The second kappa shape index (κ2) is 5.86. The standard InChI is InChI=1S/C11H14ClNO4/c1-16-5-6-3-7(12)4-8(17-2)9(6)10(13)11(14)15/h3-4,10H,5,13H2,1-2H3,(H,14,15). The molecule has 0 fully saturated rings. The Kier molecular flexibility index (Phi) is 4.74. The minimum atomic E-state index is -1.17. The lowest BCUT2D eigenvalue weighted by Crippen LogP contribution is -2.23. The zero-order chi connectivity index (χ0) is 13.0. The Morgan fingerprint density at radius 2 is 2.18 bits per heavy atom. The van der Waals surface area contributed by atoms with Crippen LogP contribution in [0.4, 0.5) is 0 Å². The molecule has 94 valence electrons. The molecule has 0 aliphatic rings. The van der Waals surface area contributed by atoms with Crippen LogP contribution in [-0.4, -0.2) is 25.3 Å². The highest BCUT2D eigenvalue weighted by atomic mass is 35.5. The van der Waals surface area contributed by atoms with Gasteiger partial charge in [0.25, 0.3) is 0 Å². The van der Waals surface area contributed by atoms with E-state index < -0.39 is 12.0 Å². The van der Waals surface area contributed by atoms with E-state index in [1.165, 1.54) is 20.3 Å². The molecule has 0 saturated carbocycles. The molecular formula is C11H14ClNO4. The zero-order valence-corrected chi connectivity index (χ0v) is 10.3. The first kappa shape index (κ1) is 13.8. The molecule has 0 amide bonds. The highest BCUT2D eigenvalue weighted by Crippen LogP contribution is 2.32. The number of hydrogen-bond donors (Lipinski definition) is 2. The molecule has 1 unspecified atom stereocenters. The Bertz CT molecular complexity index is 422. The Hall–Kier alpha value is -1.30. The van der Waals surface area contributed by atoms with E-state index in [1.807, 2.05) is 0 Å². The van der Waals surface area contributed by atoms with Gasteiger partial charge in [0.05, 0.1) is 13.7 Å². The van der Waals surface area contributed by atoms with Gasteiger partial charge in [0.2, 0.25) is 0 Å². The third kappa shape index (κ3) is 3.09. The van der Waals surface area contributed by atoms with Gasteiger partial charge in [0.15, 0.2) is 0 Å². The highest BCUT2D eigenvalue weighted by Gasteiger charge is 2.23. The van der Waals surface area contributed by atoms with Gasteiger partial charge in [-0.15, -0.1) is 0 Å². The quantitative estimate of drug-likeness (QED) is 0.839. The van der Waals surface area contributed by atoms with E-state index in [0.29, 0.717) is 21.9 Å². The van der Waals surface area contributed by atoms with Crippen LogP contribution in [0.25, 0.3) is 0 Å². The maximum absolute atomic E-state index is 11.0. The monoisotopic (exact) mass is 259 g/mol. The van der Waals surface area contributed by atoms with Crippen molar-refractivity contribution in [2.24, 2.45) is 5.73 Å². The number of carboxylic acid groups (broad SMARTS) is 1. The van der Waals surface area contributed by atoms with Crippen molar-refractivity contribution in [1.82, 2.24) is 0 Å². The SMILES string of the molecule is COCc1cc(Cl)cc(OC)c1C(N)C(=O)O. The predicted octanol–water partition coefficient (Wildman–Crippen LogP) is 1.58. The molecule has 3 N–H and O–H groups in total.